The molecule has 0 aliphatic carbocycles. The van der Waals surface area contributed by atoms with Crippen LogP contribution < -0.4 is 0 Å². The standard InChI is InChI=1S/C17H14NS/c1-2-13-8-10-14(11-9-13)16-12-17(19-18-16)15-6-4-3-5-7-15/h3-11H,2H2,1H3. The van der Waals surface area contributed by atoms with Crippen LogP contribution >= 0.6 is 11.5 Å². The van der Waals surface area contributed by atoms with Gasteiger partial charge in [0, 0.05) is 11.6 Å². The number of benzene rings is 2. The molecule has 0 unspecified atom stereocenters. The van der Waals surface area contributed by atoms with Crippen molar-refractivity contribution in [3.8, 4) is 21.7 Å². The minimum absolute atomic E-state index is 0.937. The number of hydrogen-bond donors (Lipinski definition) is 0. The van der Waals surface area contributed by atoms with Gasteiger partial charge >= 0.3 is 0 Å². The SMILES string of the molecule is CCc1ccc(-c2[c]c(-c3ccccc3)sn2)cc1. The van der Waals surface area contributed by atoms with E-state index in [0.717, 1.165) is 22.6 Å². The van der Waals surface area contributed by atoms with E-state index in [9.17, 15) is 0 Å². The summed E-state index contributed by atoms with van der Waals surface area (Å²) in [6.45, 7) is 2.16. The molecule has 3 rings (SSSR count). The Morgan fingerprint density at radius 2 is 1.68 bits per heavy atom. The van der Waals surface area contributed by atoms with Crippen molar-refractivity contribution in [3.05, 3.63) is 66.2 Å². The molecule has 1 radical (unpaired) electrons. The summed E-state index contributed by atoms with van der Waals surface area (Å²) in [5.74, 6) is 0. The lowest BCUT2D eigenvalue weighted by Gasteiger charge is -1.98. The van der Waals surface area contributed by atoms with Gasteiger partial charge in [-0.05, 0) is 29.1 Å². The molecular weight excluding hydrogens is 250 g/mol. The van der Waals surface area contributed by atoms with E-state index in [-0.39, 0.29) is 0 Å². The first-order chi connectivity index (χ1) is 9.36. The number of hydrogen-bond acceptors (Lipinski definition) is 2. The van der Waals surface area contributed by atoms with E-state index in [4.69, 9.17) is 0 Å². The van der Waals surface area contributed by atoms with Crippen LogP contribution in [-0.4, -0.2) is 4.37 Å². The fourth-order valence-electron chi connectivity index (χ4n) is 1.98. The van der Waals surface area contributed by atoms with Crippen molar-refractivity contribution in [1.29, 1.82) is 0 Å². The first kappa shape index (κ1) is 12.1. The first-order valence-electron chi connectivity index (χ1n) is 6.40. The smallest absolute Gasteiger partial charge is 0.0926 e. The molecule has 2 aromatic carbocycles. The van der Waals surface area contributed by atoms with Crippen LogP contribution in [0.5, 0.6) is 0 Å². The van der Waals surface area contributed by atoms with Gasteiger partial charge in [0.25, 0.3) is 0 Å². The second-order valence-electron chi connectivity index (χ2n) is 4.40. The molecule has 19 heavy (non-hydrogen) atoms. The average Bonchev–Trinajstić information content (AvgIpc) is 2.98. The van der Waals surface area contributed by atoms with Gasteiger partial charge in [-0.25, -0.2) is 0 Å². The van der Waals surface area contributed by atoms with E-state index in [2.05, 4.69) is 53.8 Å². The number of aromatic nitrogens is 1. The fraction of sp³-hybridized carbons (Fsp3) is 0.118. The normalized spacial score (nSPS) is 10.6. The van der Waals surface area contributed by atoms with Crippen molar-refractivity contribution in [2.75, 3.05) is 0 Å². The molecule has 0 fully saturated rings. The Hall–Kier alpha value is -1.93. The lowest BCUT2D eigenvalue weighted by molar-refractivity contribution is 1.14. The van der Waals surface area contributed by atoms with E-state index >= 15 is 0 Å². The third kappa shape index (κ3) is 2.59. The maximum atomic E-state index is 4.50. The van der Waals surface area contributed by atoms with Crippen molar-refractivity contribution in [3.63, 3.8) is 0 Å². The van der Waals surface area contributed by atoms with E-state index < -0.39 is 0 Å². The molecule has 0 atom stereocenters. The second kappa shape index (κ2) is 5.37. The van der Waals surface area contributed by atoms with Crippen LogP contribution in [-0.2, 0) is 6.42 Å². The zero-order chi connectivity index (χ0) is 13.1. The summed E-state index contributed by atoms with van der Waals surface area (Å²) in [5, 5.41) is 0. The third-order valence-corrected chi connectivity index (χ3v) is 3.93. The molecule has 0 amide bonds. The Morgan fingerprint density at radius 3 is 2.37 bits per heavy atom. The van der Waals surface area contributed by atoms with Gasteiger partial charge in [0.05, 0.1) is 10.6 Å². The molecule has 1 nitrogen and oxygen atoms in total. The Morgan fingerprint density at radius 1 is 0.947 bits per heavy atom. The summed E-state index contributed by atoms with van der Waals surface area (Å²) in [6.07, 6.45) is 1.07. The molecule has 2 heteroatoms. The monoisotopic (exact) mass is 264 g/mol. The molecule has 1 aromatic heterocycles. The van der Waals surface area contributed by atoms with Crippen LogP contribution in [0.15, 0.2) is 54.6 Å². The summed E-state index contributed by atoms with van der Waals surface area (Å²) in [6, 6.07) is 22.2. The van der Waals surface area contributed by atoms with Crippen molar-refractivity contribution in [2.45, 2.75) is 13.3 Å². The molecule has 0 aliphatic rings. The van der Waals surface area contributed by atoms with Crippen LogP contribution in [0.3, 0.4) is 0 Å². The zero-order valence-corrected chi connectivity index (χ0v) is 11.6. The van der Waals surface area contributed by atoms with Crippen LogP contribution in [0.4, 0.5) is 0 Å². The van der Waals surface area contributed by atoms with Gasteiger partial charge in [-0.15, -0.1) is 0 Å². The predicted octanol–water partition coefficient (Wildman–Crippen LogP) is 4.84. The van der Waals surface area contributed by atoms with Crippen LogP contribution in [0.1, 0.15) is 12.5 Å². The van der Waals surface area contributed by atoms with Crippen LogP contribution in [0, 0.1) is 6.07 Å². The van der Waals surface area contributed by atoms with Crippen molar-refractivity contribution in [1.82, 2.24) is 4.37 Å². The average molecular weight is 264 g/mol. The highest BCUT2D eigenvalue weighted by molar-refractivity contribution is 7.09. The highest BCUT2D eigenvalue weighted by Crippen LogP contribution is 2.28. The lowest BCUT2D eigenvalue weighted by Crippen LogP contribution is -1.81. The Balaban J connectivity index is 1.92. The van der Waals surface area contributed by atoms with E-state index in [1.807, 2.05) is 18.2 Å². The number of rotatable bonds is 3. The predicted molar refractivity (Wildman–Crippen MR) is 81.2 cm³/mol. The molecule has 0 N–H and O–H groups in total. The summed E-state index contributed by atoms with van der Waals surface area (Å²) < 4.78 is 4.50. The quantitative estimate of drug-likeness (QED) is 0.659. The first-order valence-corrected chi connectivity index (χ1v) is 7.18. The summed E-state index contributed by atoms with van der Waals surface area (Å²) >= 11 is 1.50. The van der Waals surface area contributed by atoms with Crippen LogP contribution in [0.25, 0.3) is 21.7 Å². The van der Waals surface area contributed by atoms with Gasteiger partial charge in [0.15, 0.2) is 0 Å². The Bertz CT molecular complexity index is 653. The number of nitrogens with zero attached hydrogens (tertiary/aromatic N) is 1. The molecular formula is C17H14NS. The second-order valence-corrected chi connectivity index (χ2v) is 5.18. The van der Waals surface area contributed by atoms with Gasteiger partial charge in [0.2, 0.25) is 0 Å². The van der Waals surface area contributed by atoms with Crippen molar-refractivity contribution < 1.29 is 0 Å². The maximum absolute atomic E-state index is 4.50. The van der Waals surface area contributed by atoms with Gasteiger partial charge in [0.1, 0.15) is 0 Å². The highest BCUT2D eigenvalue weighted by Gasteiger charge is 2.06. The third-order valence-electron chi connectivity index (χ3n) is 3.13. The fourth-order valence-corrected chi connectivity index (χ4v) is 2.70. The summed E-state index contributed by atoms with van der Waals surface area (Å²) in [5.41, 5.74) is 4.60. The molecule has 0 spiro atoms. The van der Waals surface area contributed by atoms with Gasteiger partial charge < -0.3 is 0 Å². The maximum Gasteiger partial charge on any atom is 0.0926 e. The molecule has 93 valence electrons. The Labute approximate surface area is 117 Å². The molecule has 0 saturated carbocycles. The van der Waals surface area contributed by atoms with Crippen molar-refractivity contribution in [2.24, 2.45) is 0 Å². The van der Waals surface area contributed by atoms with Gasteiger partial charge in [-0.1, -0.05) is 61.5 Å². The largest absolute Gasteiger partial charge is 0.191 e. The Kier molecular flexibility index (Phi) is 3.43. The van der Waals surface area contributed by atoms with E-state index in [1.165, 1.54) is 22.7 Å². The van der Waals surface area contributed by atoms with Gasteiger partial charge in [-0.3, -0.25) is 0 Å². The molecule has 0 aliphatic heterocycles. The molecule has 0 saturated heterocycles. The van der Waals surface area contributed by atoms with E-state index in [0.29, 0.717) is 0 Å². The summed E-state index contributed by atoms with van der Waals surface area (Å²) in [4.78, 5) is 1.09. The summed E-state index contributed by atoms with van der Waals surface area (Å²) in [7, 11) is 0. The van der Waals surface area contributed by atoms with Crippen molar-refractivity contribution >= 4 is 11.5 Å². The minimum atomic E-state index is 0.937. The van der Waals surface area contributed by atoms with Crippen LogP contribution in [0.2, 0.25) is 0 Å². The molecule has 3 aromatic rings. The minimum Gasteiger partial charge on any atom is -0.191 e. The zero-order valence-electron chi connectivity index (χ0n) is 10.8. The number of aryl methyl sites for hydroxylation is 1. The molecule has 0 bridgehead atoms. The van der Waals surface area contributed by atoms with Gasteiger partial charge in [-0.2, -0.15) is 4.37 Å². The van der Waals surface area contributed by atoms with E-state index in [1.54, 1.807) is 0 Å². The lowest BCUT2D eigenvalue weighted by atomic mass is 10.1. The molecule has 1 heterocycles. The highest BCUT2D eigenvalue weighted by atomic mass is 32.1. The topological polar surface area (TPSA) is 12.9 Å².